The Bertz CT molecular complexity index is 916. The number of nitrogens with one attached hydrogen (secondary N) is 1. The van der Waals surface area contributed by atoms with Gasteiger partial charge in [0.1, 0.15) is 5.82 Å². The fraction of sp³-hybridized carbons (Fsp3) is 0.409. The minimum Gasteiger partial charge on any atom is -0.368 e. The summed E-state index contributed by atoms with van der Waals surface area (Å²) in [5.74, 6) is 1.77. The smallest absolute Gasteiger partial charge is 0.229 e. The van der Waals surface area contributed by atoms with Crippen molar-refractivity contribution in [2.45, 2.75) is 20.8 Å². The van der Waals surface area contributed by atoms with E-state index in [1.54, 1.807) is 6.92 Å². The second-order valence-corrected chi connectivity index (χ2v) is 7.48. The highest BCUT2D eigenvalue weighted by Gasteiger charge is 2.19. The molecule has 0 unspecified atom stereocenters. The molecule has 29 heavy (non-hydrogen) atoms. The Labute approximate surface area is 172 Å². The monoisotopic (exact) mass is 392 g/mol. The van der Waals surface area contributed by atoms with Crippen LogP contribution in [0, 0.1) is 6.92 Å². The molecule has 7 nitrogen and oxygen atoms in total. The Morgan fingerprint density at radius 3 is 2.48 bits per heavy atom. The molecule has 1 N–H and O–H groups in total. The van der Waals surface area contributed by atoms with Crippen molar-refractivity contribution >= 4 is 35.1 Å². The third-order valence-electron chi connectivity index (χ3n) is 5.62. The van der Waals surface area contributed by atoms with Gasteiger partial charge in [0, 0.05) is 63.1 Å². The first-order valence-electron chi connectivity index (χ1n) is 10.2. The van der Waals surface area contributed by atoms with Crippen molar-refractivity contribution < 1.29 is 4.79 Å². The Hall–Kier alpha value is -3.09. The topological polar surface area (TPSA) is 64.6 Å². The molecule has 7 heteroatoms. The first-order chi connectivity index (χ1) is 14.0. The summed E-state index contributed by atoms with van der Waals surface area (Å²) in [6.07, 6.45) is 4.27. The predicted molar refractivity (Wildman–Crippen MR) is 118 cm³/mol. The Morgan fingerprint density at radius 1 is 1.10 bits per heavy atom. The highest BCUT2D eigenvalue weighted by atomic mass is 16.2. The van der Waals surface area contributed by atoms with E-state index in [0.29, 0.717) is 5.95 Å². The number of nitrogens with zero attached hydrogens (tertiary/aromatic N) is 5. The van der Waals surface area contributed by atoms with Crippen molar-refractivity contribution in [1.82, 2.24) is 14.9 Å². The number of benzene rings is 1. The van der Waals surface area contributed by atoms with Crippen LogP contribution in [0.5, 0.6) is 0 Å². The standard InChI is InChI=1S/C22H28N6O/c1-4-26-11-5-6-20-16(2)23-22(25-21(20)26)24-18-7-9-19(10-8-18)28-14-12-27(13-15-28)17(3)29/h5-10H,4,11-15H2,1-3H3,(H,23,24,25). The molecule has 1 amide bonds. The van der Waals surface area contributed by atoms with E-state index in [4.69, 9.17) is 4.98 Å². The molecule has 2 aliphatic heterocycles. The van der Waals surface area contributed by atoms with E-state index in [2.05, 4.69) is 63.4 Å². The lowest BCUT2D eigenvalue weighted by atomic mass is 10.1. The molecule has 152 valence electrons. The van der Waals surface area contributed by atoms with Crippen molar-refractivity contribution in [2.75, 3.05) is 54.4 Å². The highest BCUT2D eigenvalue weighted by Crippen LogP contribution is 2.28. The highest BCUT2D eigenvalue weighted by molar-refractivity contribution is 5.74. The van der Waals surface area contributed by atoms with Gasteiger partial charge in [-0.3, -0.25) is 4.79 Å². The molecule has 4 rings (SSSR count). The van der Waals surface area contributed by atoms with E-state index in [1.807, 2.05) is 11.8 Å². The Morgan fingerprint density at radius 2 is 1.83 bits per heavy atom. The number of carbonyl (C=O) groups excluding carboxylic acids is 1. The number of piperazine rings is 1. The minimum atomic E-state index is 0.154. The summed E-state index contributed by atoms with van der Waals surface area (Å²) in [6, 6.07) is 8.33. The number of fused-ring (bicyclic) bond motifs is 1. The van der Waals surface area contributed by atoms with E-state index in [1.165, 1.54) is 5.69 Å². The van der Waals surface area contributed by atoms with E-state index in [-0.39, 0.29) is 5.91 Å². The van der Waals surface area contributed by atoms with Crippen molar-refractivity contribution in [3.8, 4) is 0 Å². The maximum Gasteiger partial charge on any atom is 0.229 e. The zero-order valence-corrected chi connectivity index (χ0v) is 17.4. The van der Waals surface area contributed by atoms with Crippen molar-refractivity contribution in [2.24, 2.45) is 0 Å². The molecule has 1 fully saturated rings. The van der Waals surface area contributed by atoms with Gasteiger partial charge in [0.15, 0.2) is 0 Å². The van der Waals surface area contributed by atoms with Gasteiger partial charge in [-0.25, -0.2) is 4.98 Å². The van der Waals surface area contributed by atoms with Gasteiger partial charge >= 0.3 is 0 Å². The molecular weight excluding hydrogens is 364 g/mol. The maximum absolute atomic E-state index is 11.5. The van der Waals surface area contributed by atoms with E-state index in [9.17, 15) is 4.79 Å². The van der Waals surface area contributed by atoms with Crippen LogP contribution in [0.2, 0.25) is 0 Å². The van der Waals surface area contributed by atoms with Crippen molar-refractivity contribution in [3.05, 3.63) is 41.6 Å². The molecule has 0 bridgehead atoms. The van der Waals surface area contributed by atoms with Gasteiger partial charge in [0.2, 0.25) is 11.9 Å². The van der Waals surface area contributed by atoms with Crippen LogP contribution in [0.25, 0.3) is 6.08 Å². The molecule has 3 heterocycles. The van der Waals surface area contributed by atoms with Gasteiger partial charge in [-0.05, 0) is 38.1 Å². The summed E-state index contributed by atoms with van der Waals surface area (Å²) in [5, 5.41) is 3.35. The second-order valence-electron chi connectivity index (χ2n) is 7.48. The number of likely N-dealkylation sites (N-methyl/N-ethyl adjacent to an activating group) is 1. The first-order valence-corrected chi connectivity index (χ1v) is 10.2. The molecule has 0 radical (unpaired) electrons. The summed E-state index contributed by atoms with van der Waals surface area (Å²) in [5.41, 5.74) is 4.21. The fourth-order valence-electron chi connectivity index (χ4n) is 3.89. The van der Waals surface area contributed by atoms with E-state index in [0.717, 1.165) is 62.0 Å². The van der Waals surface area contributed by atoms with Crippen LogP contribution in [0.3, 0.4) is 0 Å². The van der Waals surface area contributed by atoms with Crippen LogP contribution < -0.4 is 15.1 Å². The van der Waals surface area contributed by atoms with Crippen LogP contribution in [-0.2, 0) is 4.79 Å². The Balaban J connectivity index is 1.46. The average molecular weight is 393 g/mol. The number of carbonyl (C=O) groups is 1. The van der Waals surface area contributed by atoms with Crippen LogP contribution in [0.4, 0.5) is 23.1 Å². The SMILES string of the molecule is CCN1CC=Cc2c(C)nc(Nc3ccc(N4CCN(C(C)=O)CC4)cc3)nc21. The van der Waals surface area contributed by atoms with Crippen LogP contribution >= 0.6 is 0 Å². The van der Waals surface area contributed by atoms with Gasteiger partial charge in [0.05, 0.1) is 5.69 Å². The summed E-state index contributed by atoms with van der Waals surface area (Å²) >= 11 is 0. The molecule has 2 aromatic rings. The van der Waals surface area contributed by atoms with Gasteiger partial charge in [-0.1, -0.05) is 12.2 Å². The second kappa shape index (κ2) is 8.11. The average Bonchev–Trinajstić information content (AvgIpc) is 2.74. The lowest BCUT2D eigenvalue weighted by Crippen LogP contribution is -2.48. The molecular formula is C22H28N6O. The van der Waals surface area contributed by atoms with Crippen LogP contribution in [0.1, 0.15) is 25.1 Å². The predicted octanol–water partition coefficient (Wildman–Crippen LogP) is 3.05. The number of anilines is 4. The largest absolute Gasteiger partial charge is 0.368 e. The number of hydrogen-bond acceptors (Lipinski definition) is 6. The number of rotatable bonds is 4. The number of amides is 1. The van der Waals surface area contributed by atoms with Crippen LogP contribution in [0.15, 0.2) is 30.3 Å². The van der Waals surface area contributed by atoms with Crippen molar-refractivity contribution in [1.29, 1.82) is 0 Å². The summed E-state index contributed by atoms with van der Waals surface area (Å²) in [6.45, 7) is 10.9. The third-order valence-corrected chi connectivity index (χ3v) is 5.62. The minimum absolute atomic E-state index is 0.154. The molecule has 0 saturated carbocycles. The first kappa shape index (κ1) is 19.2. The number of hydrogen-bond donors (Lipinski definition) is 1. The lowest BCUT2D eigenvalue weighted by Gasteiger charge is -2.35. The van der Waals surface area contributed by atoms with E-state index >= 15 is 0 Å². The van der Waals surface area contributed by atoms with Gasteiger partial charge in [0.25, 0.3) is 0 Å². The molecule has 1 aromatic carbocycles. The number of aryl methyl sites for hydroxylation is 1. The molecule has 0 aliphatic carbocycles. The normalized spacial score (nSPS) is 16.0. The molecule has 1 saturated heterocycles. The van der Waals surface area contributed by atoms with Gasteiger partial charge in [-0.15, -0.1) is 0 Å². The molecule has 0 spiro atoms. The Kier molecular flexibility index (Phi) is 5.38. The molecule has 1 aromatic heterocycles. The zero-order chi connectivity index (χ0) is 20.4. The quantitative estimate of drug-likeness (QED) is 0.863. The van der Waals surface area contributed by atoms with Crippen LogP contribution in [-0.4, -0.2) is 60.0 Å². The maximum atomic E-state index is 11.5. The summed E-state index contributed by atoms with van der Waals surface area (Å²) in [7, 11) is 0. The summed E-state index contributed by atoms with van der Waals surface area (Å²) < 4.78 is 0. The van der Waals surface area contributed by atoms with Gasteiger partial charge in [-0.2, -0.15) is 4.98 Å². The molecule has 0 atom stereocenters. The molecule has 2 aliphatic rings. The van der Waals surface area contributed by atoms with Gasteiger partial charge < -0.3 is 20.0 Å². The lowest BCUT2D eigenvalue weighted by molar-refractivity contribution is -0.129. The summed E-state index contributed by atoms with van der Waals surface area (Å²) in [4.78, 5) is 27.4. The zero-order valence-electron chi connectivity index (χ0n) is 17.4. The van der Waals surface area contributed by atoms with Crippen molar-refractivity contribution in [3.63, 3.8) is 0 Å². The number of aromatic nitrogens is 2. The third kappa shape index (κ3) is 4.04. The fourth-order valence-corrected chi connectivity index (χ4v) is 3.89. The van der Waals surface area contributed by atoms with E-state index < -0.39 is 0 Å².